The van der Waals surface area contributed by atoms with Crippen LogP contribution in [0, 0.1) is 0 Å². The lowest BCUT2D eigenvalue weighted by Gasteiger charge is -2.24. The second-order valence-electron chi connectivity index (χ2n) is 7.87. The van der Waals surface area contributed by atoms with E-state index in [1.807, 2.05) is 77.7 Å². The number of halogens is 2. The number of hydrogen-bond donors (Lipinski definition) is 1. The minimum absolute atomic E-state index is 0.0665. The molecule has 4 rings (SSSR count). The fourth-order valence-corrected chi connectivity index (χ4v) is 5.98. The number of rotatable bonds is 9. The van der Waals surface area contributed by atoms with Crippen molar-refractivity contribution in [2.45, 2.75) is 17.7 Å². The third-order valence-electron chi connectivity index (χ3n) is 5.38. The Morgan fingerprint density at radius 2 is 1.76 bits per heavy atom. The molecule has 8 heteroatoms. The number of nitrogens with zero attached hydrogens (tertiary/aromatic N) is 1. The van der Waals surface area contributed by atoms with Crippen molar-refractivity contribution in [2.24, 2.45) is 0 Å². The summed E-state index contributed by atoms with van der Waals surface area (Å²) in [6, 6.07) is 22.9. The molecule has 0 radical (unpaired) electrons. The van der Waals surface area contributed by atoms with Crippen molar-refractivity contribution in [3.8, 4) is 0 Å². The van der Waals surface area contributed by atoms with Crippen molar-refractivity contribution in [1.29, 1.82) is 0 Å². The Balaban J connectivity index is 1.28. The summed E-state index contributed by atoms with van der Waals surface area (Å²) < 4.78 is 0. The summed E-state index contributed by atoms with van der Waals surface area (Å²) in [6.45, 7) is 1.12. The van der Waals surface area contributed by atoms with Crippen molar-refractivity contribution in [3.05, 3.63) is 105 Å². The van der Waals surface area contributed by atoms with E-state index in [-0.39, 0.29) is 17.2 Å². The summed E-state index contributed by atoms with van der Waals surface area (Å²) in [4.78, 5) is 26.9. The maximum absolute atomic E-state index is 12.5. The van der Waals surface area contributed by atoms with E-state index in [0.717, 1.165) is 27.7 Å². The lowest BCUT2D eigenvalue weighted by atomic mass is 10.1. The third-order valence-corrected chi connectivity index (χ3v) is 8.16. The quantitative estimate of drug-likeness (QED) is 0.324. The van der Waals surface area contributed by atoms with E-state index in [0.29, 0.717) is 29.4 Å². The molecule has 3 aromatic rings. The van der Waals surface area contributed by atoms with Crippen molar-refractivity contribution < 1.29 is 9.59 Å². The van der Waals surface area contributed by atoms with E-state index in [1.165, 1.54) is 5.56 Å². The molecule has 1 fully saturated rings. The monoisotopic (exact) mass is 530 g/mol. The van der Waals surface area contributed by atoms with Crippen LogP contribution in [0.2, 0.25) is 10.0 Å². The van der Waals surface area contributed by atoms with Gasteiger partial charge in [-0.05, 0) is 53.1 Å². The van der Waals surface area contributed by atoms with Gasteiger partial charge in [-0.3, -0.25) is 9.59 Å². The Bertz CT molecular complexity index is 1140. The molecule has 1 aliphatic rings. The Morgan fingerprint density at radius 1 is 1.00 bits per heavy atom. The van der Waals surface area contributed by atoms with Crippen LogP contribution in [-0.2, 0) is 17.1 Å². The lowest BCUT2D eigenvalue weighted by Crippen LogP contribution is -2.28. The Morgan fingerprint density at radius 3 is 2.50 bits per heavy atom. The van der Waals surface area contributed by atoms with Gasteiger partial charge in [-0.2, -0.15) is 11.8 Å². The first kappa shape index (κ1) is 25.0. The van der Waals surface area contributed by atoms with Gasteiger partial charge >= 0.3 is 0 Å². The smallest absolute Gasteiger partial charge is 0.251 e. The van der Waals surface area contributed by atoms with Gasteiger partial charge in [-0.1, -0.05) is 59.6 Å². The lowest BCUT2D eigenvalue weighted by molar-refractivity contribution is -0.128. The van der Waals surface area contributed by atoms with Gasteiger partial charge in [0.05, 0.1) is 5.75 Å². The molecule has 0 unspecified atom stereocenters. The number of nitrogens with one attached hydrogen (secondary N) is 1. The van der Waals surface area contributed by atoms with Gasteiger partial charge in [-0.25, -0.2) is 0 Å². The van der Waals surface area contributed by atoms with Gasteiger partial charge in [0.15, 0.2) is 0 Å². The first-order valence-corrected chi connectivity index (χ1v) is 13.8. The van der Waals surface area contributed by atoms with Gasteiger partial charge < -0.3 is 10.2 Å². The third kappa shape index (κ3) is 6.72. The summed E-state index contributed by atoms with van der Waals surface area (Å²) in [7, 11) is 0. The highest BCUT2D eigenvalue weighted by molar-refractivity contribution is 8.00. The topological polar surface area (TPSA) is 49.4 Å². The van der Waals surface area contributed by atoms with Gasteiger partial charge in [0.2, 0.25) is 5.91 Å². The fraction of sp³-hybridized carbons (Fsp3) is 0.231. The zero-order valence-corrected chi connectivity index (χ0v) is 21.5. The number of carbonyl (C=O) groups is 2. The van der Waals surface area contributed by atoms with E-state index < -0.39 is 0 Å². The standard InChI is InChI=1S/C26H24Cl2N2O2S2/c27-22-10-4-18(5-11-22)15-30-24(31)17-34-26(30)21-8-6-20(7-9-21)25(32)29-12-13-33-16-19-2-1-3-23(28)14-19/h1-11,14,26H,12-13,15-17H2,(H,29,32)/t26-/m1/s1. The molecule has 4 nitrogen and oxygen atoms in total. The van der Waals surface area contributed by atoms with E-state index in [4.69, 9.17) is 23.2 Å². The molecule has 0 saturated carbocycles. The molecular weight excluding hydrogens is 507 g/mol. The number of thioether (sulfide) groups is 2. The molecule has 1 aliphatic heterocycles. The Labute approximate surface area is 218 Å². The molecule has 2 amide bonds. The van der Waals surface area contributed by atoms with Crippen molar-refractivity contribution in [2.75, 3.05) is 18.1 Å². The normalized spacial score (nSPS) is 15.5. The van der Waals surface area contributed by atoms with Crippen molar-refractivity contribution >= 4 is 58.5 Å². The molecule has 1 heterocycles. The van der Waals surface area contributed by atoms with Gasteiger partial charge in [0, 0.05) is 40.2 Å². The number of hydrogen-bond acceptors (Lipinski definition) is 4. The zero-order valence-electron chi connectivity index (χ0n) is 18.4. The van der Waals surface area contributed by atoms with Crippen LogP contribution < -0.4 is 5.32 Å². The number of amides is 2. The predicted molar refractivity (Wildman–Crippen MR) is 144 cm³/mol. The molecule has 1 saturated heterocycles. The van der Waals surface area contributed by atoms with Gasteiger partial charge in [0.1, 0.15) is 5.37 Å². The van der Waals surface area contributed by atoms with E-state index in [2.05, 4.69) is 5.32 Å². The molecular formula is C26H24Cl2N2O2S2. The Kier molecular flexibility index (Phi) is 8.84. The molecule has 0 aliphatic carbocycles. The molecule has 3 aromatic carbocycles. The van der Waals surface area contributed by atoms with Crippen LogP contribution in [0.25, 0.3) is 0 Å². The predicted octanol–water partition coefficient (Wildman–Crippen LogP) is 6.43. The maximum atomic E-state index is 12.5. The van der Waals surface area contributed by atoms with Crippen LogP contribution in [0.15, 0.2) is 72.8 Å². The molecule has 0 bridgehead atoms. The average molecular weight is 532 g/mol. The van der Waals surface area contributed by atoms with E-state index in [9.17, 15) is 9.59 Å². The van der Waals surface area contributed by atoms with Gasteiger partial charge in [0.25, 0.3) is 5.91 Å². The van der Waals surface area contributed by atoms with Crippen LogP contribution in [-0.4, -0.2) is 34.8 Å². The van der Waals surface area contributed by atoms with E-state index in [1.54, 1.807) is 23.5 Å². The largest absolute Gasteiger partial charge is 0.351 e. The highest BCUT2D eigenvalue weighted by Crippen LogP contribution is 2.39. The molecule has 1 N–H and O–H groups in total. The average Bonchev–Trinajstić information content (AvgIpc) is 3.20. The SMILES string of the molecule is O=C(NCCSCc1cccc(Cl)c1)c1ccc([C@H]2SCC(=O)N2Cc2ccc(Cl)cc2)cc1. The maximum Gasteiger partial charge on any atom is 0.251 e. The van der Waals surface area contributed by atoms with Crippen LogP contribution >= 0.6 is 46.7 Å². The fourth-order valence-electron chi connectivity index (χ4n) is 3.64. The molecule has 0 spiro atoms. The first-order valence-electron chi connectivity index (χ1n) is 10.9. The van der Waals surface area contributed by atoms with Crippen molar-refractivity contribution in [1.82, 2.24) is 10.2 Å². The summed E-state index contributed by atoms with van der Waals surface area (Å²) in [5.41, 5.74) is 3.84. The summed E-state index contributed by atoms with van der Waals surface area (Å²) in [6.07, 6.45) is 0. The zero-order chi connectivity index (χ0) is 23.9. The minimum atomic E-state index is -0.0944. The van der Waals surface area contributed by atoms with Crippen molar-refractivity contribution in [3.63, 3.8) is 0 Å². The molecule has 1 atom stereocenters. The van der Waals surface area contributed by atoms with Crippen LogP contribution in [0.1, 0.15) is 32.4 Å². The van der Waals surface area contributed by atoms with Crippen LogP contribution in [0.5, 0.6) is 0 Å². The highest BCUT2D eigenvalue weighted by Gasteiger charge is 2.32. The van der Waals surface area contributed by atoms with Crippen LogP contribution in [0.3, 0.4) is 0 Å². The second-order valence-corrected chi connectivity index (χ2v) is 10.9. The molecule has 34 heavy (non-hydrogen) atoms. The minimum Gasteiger partial charge on any atom is -0.351 e. The Hall–Kier alpha value is -2.12. The summed E-state index contributed by atoms with van der Waals surface area (Å²) in [5.74, 6) is 2.14. The second kappa shape index (κ2) is 12.0. The molecule has 0 aromatic heterocycles. The number of carbonyl (C=O) groups excluding carboxylic acids is 2. The summed E-state index contributed by atoms with van der Waals surface area (Å²) >= 11 is 15.3. The van der Waals surface area contributed by atoms with E-state index >= 15 is 0 Å². The molecule has 176 valence electrons. The first-order chi connectivity index (χ1) is 16.5. The van der Waals surface area contributed by atoms with Gasteiger partial charge in [-0.15, -0.1) is 11.8 Å². The number of benzene rings is 3. The van der Waals surface area contributed by atoms with Crippen LogP contribution in [0.4, 0.5) is 0 Å². The highest BCUT2D eigenvalue weighted by atomic mass is 35.5. The summed E-state index contributed by atoms with van der Waals surface area (Å²) in [5, 5.41) is 4.32.